The SMILES string of the molecule is Cc1ccc(NC(=O)C(C)N(C)C)cc1C(=O)NCc1cccc2ccccc12. The largest absolute Gasteiger partial charge is 0.348 e. The Hall–Kier alpha value is -3.18. The summed E-state index contributed by atoms with van der Waals surface area (Å²) < 4.78 is 0. The molecular weight excluding hydrogens is 362 g/mol. The number of aryl methyl sites for hydroxylation is 1. The summed E-state index contributed by atoms with van der Waals surface area (Å²) in [7, 11) is 3.71. The molecule has 2 amide bonds. The number of hydrogen-bond acceptors (Lipinski definition) is 3. The molecule has 0 spiro atoms. The van der Waals surface area contributed by atoms with E-state index in [1.807, 2.05) is 69.2 Å². The molecule has 0 fully saturated rings. The van der Waals surface area contributed by atoms with Crippen LogP contribution in [0.4, 0.5) is 5.69 Å². The van der Waals surface area contributed by atoms with Crippen molar-refractivity contribution in [2.24, 2.45) is 0 Å². The standard InChI is InChI=1S/C24H27N3O2/c1-16-12-13-20(26-23(28)17(2)27(3)4)14-22(16)24(29)25-15-19-10-7-9-18-8-5-6-11-21(18)19/h5-14,17H,15H2,1-4H3,(H,25,29)(H,26,28). The van der Waals surface area contributed by atoms with Crippen LogP contribution in [0.25, 0.3) is 10.8 Å². The van der Waals surface area contributed by atoms with Gasteiger partial charge in [-0.2, -0.15) is 0 Å². The van der Waals surface area contributed by atoms with E-state index in [1.165, 1.54) is 0 Å². The fourth-order valence-corrected chi connectivity index (χ4v) is 3.14. The monoisotopic (exact) mass is 389 g/mol. The Morgan fingerprint density at radius 2 is 1.72 bits per heavy atom. The maximum Gasteiger partial charge on any atom is 0.251 e. The fourth-order valence-electron chi connectivity index (χ4n) is 3.14. The molecule has 3 rings (SSSR count). The van der Waals surface area contributed by atoms with Crippen LogP contribution >= 0.6 is 0 Å². The van der Waals surface area contributed by atoms with Crippen LogP contribution < -0.4 is 10.6 Å². The van der Waals surface area contributed by atoms with Crippen molar-refractivity contribution in [1.82, 2.24) is 10.2 Å². The highest BCUT2D eigenvalue weighted by Crippen LogP contribution is 2.19. The van der Waals surface area contributed by atoms with Gasteiger partial charge in [0.15, 0.2) is 0 Å². The lowest BCUT2D eigenvalue weighted by Crippen LogP contribution is -2.37. The maximum atomic E-state index is 12.8. The van der Waals surface area contributed by atoms with Crippen LogP contribution in [-0.4, -0.2) is 36.9 Å². The Kier molecular flexibility index (Phi) is 6.29. The van der Waals surface area contributed by atoms with Crippen molar-refractivity contribution in [2.45, 2.75) is 26.4 Å². The Labute approximate surface area is 171 Å². The van der Waals surface area contributed by atoms with Crippen molar-refractivity contribution in [1.29, 1.82) is 0 Å². The number of benzene rings is 3. The van der Waals surface area contributed by atoms with Crippen molar-refractivity contribution < 1.29 is 9.59 Å². The number of amides is 2. The smallest absolute Gasteiger partial charge is 0.251 e. The lowest BCUT2D eigenvalue weighted by atomic mass is 10.0. The third-order valence-corrected chi connectivity index (χ3v) is 5.22. The normalized spacial score (nSPS) is 12.0. The summed E-state index contributed by atoms with van der Waals surface area (Å²) in [6, 6.07) is 19.3. The minimum Gasteiger partial charge on any atom is -0.348 e. The maximum absolute atomic E-state index is 12.8. The molecule has 29 heavy (non-hydrogen) atoms. The summed E-state index contributed by atoms with van der Waals surface area (Å²) in [5.41, 5.74) is 3.10. The fraction of sp³-hybridized carbons (Fsp3) is 0.250. The number of fused-ring (bicyclic) bond motifs is 1. The average Bonchev–Trinajstić information content (AvgIpc) is 2.72. The van der Waals surface area contributed by atoms with Crippen LogP contribution in [0.2, 0.25) is 0 Å². The number of carbonyl (C=O) groups excluding carboxylic acids is 2. The van der Waals surface area contributed by atoms with Gasteiger partial charge in [-0.15, -0.1) is 0 Å². The van der Waals surface area contributed by atoms with Crippen LogP contribution in [0.15, 0.2) is 60.7 Å². The first-order valence-electron chi connectivity index (χ1n) is 9.69. The zero-order chi connectivity index (χ0) is 21.0. The third kappa shape index (κ3) is 4.81. The van der Waals surface area contributed by atoms with Gasteiger partial charge in [0, 0.05) is 17.8 Å². The van der Waals surface area contributed by atoms with Gasteiger partial charge in [-0.05, 0) is 62.0 Å². The molecule has 0 aliphatic heterocycles. The third-order valence-electron chi connectivity index (χ3n) is 5.22. The quantitative estimate of drug-likeness (QED) is 0.671. The highest BCUT2D eigenvalue weighted by molar-refractivity contribution is 5.99. The average molecular weight is 389 g/mol. The second kappa shape index (κ2) is 8.88. The summed E-state index contributed by atoms with van der Waals surface area (Å²) in [5.74, 6) is -0.270. The molecule has 3 aromatic carbocycles. The number of likely N-dealkylation sites (N-methyl/N-ethyl adjacent to an activating group) is 1. The highest BCUT2D eigenvalue weighted by Gasteiger charge is 2.16. The zero-order valence-electron chi connectivity index (χ0n) is 17.3. The van der Waals surface area contributed by atoms with E-state index in [9.17, 15) is 9.59 Å². The van der Waals surface area contributed by atoms with Crippen molar-refractivity contribution in [3.63, 3.8) is 0 Å². The van der Waals surface area contributed by atoms with E-state index in [4.69, 9.17) is 0 Å². The molecular formula is C24H27N3O2. The minimum atomic E-state index is -0.264. The molecule has 0 aromatic heterocycles. The molecule has 3 aromatic rings. The van der Waals surface area contributed by atoms with E-state index in [2.05, 4.69) is 28.8 Å². The summed E-state index contributed by atoms with van der Waals surface area (Å²) in [5, 5.41) is 8.17. The van der Waals surface area contributed by atoms with Crippen LogP contribution in [0.3, 0.4) is 0 Å². The number of nitrogens with one attached hydrogen (secondary N) is 2. The number of anilines is 1. The Balaban J connectivity index is 1.74. The van der Waals surface area contributed by atoms with Gasteiger partial charge in [-0.3, -0.25) is 14.5 Å². The molecule has 0 aliphatic rings. The molecule has 1 unspecified atom stereocenters. The second-order valence-corrected chi connectivity index (χ2v) is 7.48. The summed E-state index contributed by atoms with van der Waals surface area (Å²) in [4.78, 5) is 27.0. The summed E-state index contributed by atoms with van der Waals surface area (Å²) >= 11 is 0. The van der Waals surface area contributed by atoms with Gasteiger partial charge in [-0.25, -0.2) is 0 Å². The molecule has 0 bridgehead atoms. The van der Waals surface area contributed by atoms with E-state index >= 15 is 0 Å². The molecule has 5 heteroatoms. The van der Waals surface area contributed by atoms with Gasteiger partial charge in [-0.1, -0.05) is 48.5 Å². The first kappa shape index (κ1) is 20.6. The van der Waals surface area contributed by atoms with Gasteiger partial charge in [0.2, 0.25) is 5.91 Å². The predicted molar refractivity (Wildman–Crippen MR) is 118 cm³/mol. The van der Waals surface area contributed by atoms with E-state index in [-0.39, 0.29) is 17.9 Å². The molecule has 2 N–H and O–H groups in total. The lowest BCUT2D eigenvalue weighted by molar-refractivity contribution is -0.119. The first-order valence-corrected chi connectivity index (χ1v) is 9.69. The molecule has 150 valence electrons. The summed E-state index contributed by atoms with van der Waals surface area (Å²) in [6.45, 7) is 4.16. The highest BCUT2D eigenvalue weighted by atomic mass is 16.2. The number of hydrogen-bond donors (Lipinski definition) is 2. The molecule has 0 saturated heterocycles. The molecule has 0 saturated carbocycles. The van der Waals surface area contributed by atoms with E-state index < -0.39 is 0 Å². The van der Waals surface area contributed by atoms with Crippen molar-refractivity contribution in [2.75, 3.05) is 19.4 Å². The number of nitrogens with zero attached hydrogens (tertiary/aromatic N) is 1. The molecule has 0 heterocycles. The predicted octanol–water partition coefficient (Wildman–Crippen LogP) is 3.97. The van der Waals surface area contributed by atoms with Crippen molar-refractivity contribution in [3.8, 4) is 0 Å². The van der Waals surface area contributed by atoms with Gasteiger partial charge in [0.05, 0.1) is 6.04 Å². The van der Waals surface area contributed by atoms with E-state index in [0.29, 0.717) is 17.8 Å². The van der Waals surface area contributed by atoms with Crippen LogP contribution in [0, 0.1) is 6.92 Å². The van der Waals surface area contributed by atoms with Crippen LogP contribution in [0.5, 0.6) is 0 Å². The van der Waals surface area contributed by atoms with Gasteiger partial charge >= 0.3 is 0 Å². The van der Waals surface area contributed by atoms with E-state index in [0.717, 1.165) is 21.9 Å². The Bertz CT molecular complexity index is 1040. The minimum absolute atomic E-state index is 0.110. The first-order chi connectivity index (χ1) is 13.9. The molecule has 5 nitrogen and oxygen atoms in total. The Morgan fingerprint density at radius 1 is 1.00 bits per heavy atom. The summed E-state index contributed by atoms with van der Waals surface area (Å²) in [6.07, 6.45) is 0. The number of carbonyl (C=O) groups is 2. The van der Waals surface area contributed by atoms with Crippen molar-refractivity contribution >= 4 is 28.3 Å². The molecule has 0 radical (unpaired) electrons. The molecule has 1 atom stereocenters. The zero-order valence-corrected chi connectivity index (χ0v) is 17.3. The van der Waals surface area contributed by atoms with Gasteiger partial charge < -0.3 is 10.6 Å². The van der Waals surface area contributed by atoms with Crippen LogP contribution in [-0.2, 0) is 11.3 Å². The van der Waals surface area contributed by atoms with Crippen LogP contribution in [0.1, 0.15) is 28.4 Å². The lowest BCUT2D eigenvalue weighted by Gasteiger charge is -2.19. The van der Waals surface area contributed by atoms with E-state index in [1.54, 1.807) is 6.07 Å². The van der Waals surface area contributed by atoms with Gasteiger partial charge in [0.25, 0.3) is 5.91 Å². The van der Waals surface area contributed by atoms with Crippen molar-refractivity contribution in [3.05, 3.63) is 77.4 Å². The molecule has 0 aliphatic carbocycles. The Morgan fingerprint density at radius 3 is 2.48 bits per heavy atom. The number of rotatable bonds is 6. The van der Waals surface area contributed by atoms with Gasteiger partial charge in [0.1, 0.15) is 0 Å². The topological polar surface area (TPSA) is 61.4 Å². The second-order valence-electron chi connectivity index (χ2n) is 7.48.